The smallest absolute Gasteiger partial charge is 0.103 e. The standard InChI is InChI=1S/C15H22O3/c1-11-3-4-14(12(2)9-11)15(16)10-18-13-5-7-17-8-6-13/h3-4,9,13,15-16H,5-8,10H2,1-2H3. The van der Waals surface area contributed by atoms with E-state index in [2.05, 4.69) is 13.0 Å². The summed E-state index contributed by atoms with van der Waals surface area (Å²) >= 11 is 0. The third-order valence-electron chi connectivity index (χ3n) is 3.44. The molecule has 1 unspecified atom stereocenters. The van der Waals surface area contributed by atoms with Gasteiger partial charge in [0.15, 0.2) is 0 Å². The molecule has 1 aromatic carbocycles. The first-order chi connectivity index (χ1) is 8.66. The molecule has 0 saturated carbocycles. The summed E-state index contributed by atoms with van der Waals surface area (Å²) in [7, 11) is 0. The lowest BCUT2D eigenvalue weighted by atomic mass is 10.0. The van der Waals surface area contributed by atoms with E-state index in [4.69, 9.17) is 9.47 Å². The predicted octanol–water partition coefficient (Wildman–Crippen LogP) is 2.53. The van der Waals surface area contributed by atoms with Crippen LogP contribution in [0.2, 0.25) is 0 Å². The number of hydrogen-bond donors (Lipinski definition) is 1. The summed E-state index contributed by atoms with van der Waals surface area (Å²) in [5.41, 5.74) is 3.31. The summed E-state index contributed by atoms with van der Waals surface area (Å²) in [5.74, 6) is 0. The van der Waals surface area contributed by atoms with E-state index in [1.54, 1.807) is 0 Å². The maximum atomic E-state index is 10.2. The van der Waals surface area contributed by atoms with E-state index >= 15 is 0 Å². The Morgan fingerprint density at radius 2 is 2.06 bits per heavy atom. The predicted molar refractivity (Wildman–Crippen MR) is 70.7 cm³/mol. The van der Waals surface area contributed by atoms with Crippen LogP contribution in [0.5, 0.6) is 0 Å². The highest BCUT2D eigenvalue weighted by Gasteiger charge is 2.17. The molecule has 1 N–H and O–H groups in total. The lowest BCUT2D eigenvalue weighted by Crippen LogP contribution is -2.25. The Kier molecular flexibility index (Phi) is 4.75. The number of aliphatic hydroxyl groups is 1. The molecule has 1 fully saturated rings. The van der Waals surface area contributed by atoms with E-state index in [9.17, 15) is 5.11 Å². The van der Waals surface area contributed by atoms with Crippen LogP contribution in [0.4, 0.5) is 0 Å². The monoisotopic (exact) mass is 250 g/mol. The van der Waals surface area contributed by atoms with Gasteiger partial charge in [-0.25, -0.2) is 0 Å². The molecule has 0 amide bonds. The van der Waals surface area contributed by atoms with Gasteiger partial charge in [0, 0.05) is 13.2 Å². The number of benzene rings is 1. The van der Waals surface area contributed by atoms with E-state index in [0.717, 1.165) is 37.2 Å². The minimum atomic E-state index is -0.534. The maximum absolute atomic E-state index is 10.2. The first-order valence-electron chi connectivity index (χ1n) is 6.61. The number of aliphatic hydroxyl groups excluding tert-OH is 1. The molecular formula is C15H22O3. The first-order valence-corrected chi connectivity index (χ1v) is 6.61. The molecule has 1 heterocycles. The van der Waals surface area contributed by atoms with Crippen LogP contribution in [0.3, 0.4) is 0 Å². The van der Waals surface area contributed by atoms with Crippen molar-refractivity contribution in [2.45, 2.75) is 38.9 Å². The summed E-state index contributed by atoms with van der Waals surface area (Å²) in [4.78, 5) is 0. The molecule has 0 aromatic heterocycles. The van der Waals surface area contributed by atoms with Crippen molar-refractivity contribution in [3.05, 3.63) is 34.9 Å². The Morgan fingerprint density at radius 3 is 2.72 bits per heavy atom. The van der Waals surface area contributed by atoms with Crippen LogP contribution < -0.4 is 0 Å². The lowest BCUT2D eigenvalue weighted by molar-refractivity contribution is -0.0599. The topological polar surface area (TPSA) is 38.7 Å². The van der Waals surface area contributed by atoms with Gasteiger partial charge in [-0.1, -0.05) is 23.8 Å². The molecule has 1 aliphatic heterocycles. The molecule has 0 radical (unpaired) electrons. The number of ether oxygens (including phenoxy) is 2. The van der Waals surface area contributed by atoms with Crippen molar-refractivity contribution in [1.29, 1.82) is 0 Å². The zero-order chi connectivity index (χ0) is 13.0. The molecular weight excluding hydrogens is 228 g/mol. The molecule has 1 atom stereocenters. The van der Waals surface area contributed by atoms with Crippen molar-refractivity contribution < 1.29 is 14.6 Å². The van der Waals surface area contributed by atoms with Gasteiger partial charge in [-0.05, 0) is 37.8 Å². The second kappa shape index (κ2) is 6.32. The lowest BCUT2D eigenvalue weighted by Gasteiger charge is -2.24. The Balaban J connectivity index is 1.88. The summed E-state index contributed by atoms with van der Waals surface area (Å²) in [6.07, 6.45) is 1.56. The highest BCUT2D eigenvalue weighted by atomic mass is 16.5. The van der Waals surface area contributed by atoms with Crippen molar-refractivity contribution in [3.8, 4) is 0 Å². The SMILES string of the molecule is Cc1ccc(C(O)COC2CCOCC2)c(C)c1. The van der Waals surface area contributed by atoms with Crippen molar-refractivity contribution in [2.24, 2.45) is 0 Å². The summed E-state index contributed by atoms with van der Waals surface area (Å²) in [6.45, 7) is 5.99. The third-order valence-corrected chi connectivity index (χ3v) is 3.44. The van der Waals surface area contributed by atoms with Crippen LogP contribution in [-0.2, 0) is 9.47 Å². The fourth-order valence-corrected chi connectivity index (χ4v) is 2.36. The van der Waals surface area contributed by atoms with Crippen molar-refractivity contribution in [1.82, 2.24) is 0 Å². The van der Waals surface area contributed by atoms with Crippen molar-refractivity contribution in [3.63, 3.8) is 0 Å². The van der Waals surface area contributed by atoms with Crippen LogP contribution in [-0.4, -0.2) is 31.0 Å². The Hall–Kier alpha value is -0.900. The van der Waals surface area contributed by atoms with Crippen LogP contribution in [0.25, 0.3) is 0 Å². The zero-order valence-electron chi connectivity index (χ0n) is 11.2. The van der Waals surface area contributed by atoms with Gasteiger partial charge in [-0.3, -0.25) is 0 Å². The second-order valence-electron chi connectivity index (χ2n) is 5.02. The molecule has 3 nitrogen and oxygen atoms in total. The molecule has 0 spiro atoms. The van der Waals surface area contributed by atoms with E-state index in [1.807, 2.05) is 19.1 Å². The van der Waals surface area contributed by atoms with Gasteiger partial charge in [-0.15, -0.1) is 0 Å². The summed E-state index contributed by atoms with van der Waals surface area (Å²) in [6, 6.07) is 6.11. The van der Waals surface area contributed by atoms with Crippen LogP contribution in [0.15, 0.2) is 18.2 Å². The number of rotatable bonds is 4. The molecule has 0 aliphatic carbocycles. The second-order valence-corrected chi connectivity index (χ2v) is 5.02. The van der Waals surface area contributed by atoms with Crippen molar-refractivity contribution >= 4 is 0 Å². The van der Waals surface area contributed by atoms with Crippen molar-refractivity contribution in [2.75, 3.05) is 19.8 Å². The Labute approximate surface area is 109 Å². The zero-order valence-corrected chi connectivity index (χ0v) is 11.2. The fraction of sp³-hybridized carbons (Fsp3) is 0.600. The quantitative estimate of drug-likeness (QED) is 0.892. The normalized spacial score (nSPS) is 18.8. The number of aryl methyl sites for hydroxylation is 2. The Bertz CT molecular complexity index is 383. The van der Waals surface area contributed by atoms with E-state index < -0.39 is 6.10 Å². The van der Waals surface area contributed by atoms with E-state index in [1.165, 1.54) is 5.56 Å². The highest BCUT2D eigenvalue weighted by Crippen LogP contribution is 2.21. The summed E-state index contributed by atoms with van der Waals surface area (Å²) in [5, 5.41) is 10.2. The van der Waals surface area contributed by atoms with Gasteiger partial charge >= 0.3 is 0 Å². The molecule has 0 bridgehead atoms. The summed E-state index contributed by atoms with van der Waals surface area (Å²) < 4.78 is 11.0. The molecule has 1 aromatic rings. The Morgan fingerprint density at radius 1 is 1.33 bits per heavy atom. The van der Waals surface area contributed by atoms with Gasteiger partial charge in [0.25, 0.3) is 0 Å². The molecule has 1 aliphatic rings. The van der Waals surface area contributed by atoms with Gasteiger partial charge in [0.05, 0.1) is 12.7 Å². The minimum Gasteiger partial charge on any atom is -0.386 e. The molecule has 18 heavy (non-hydrogen) atoms. The molecule has 1 saturated heterocycles. The van der Waals surface area contributed by atoms with Gasteiger partial charge in [0.2, 0.25) is 0 Å². The average Bonchev–Trinajstić information content (AvgIpc) is 2.37. The fourth-order valence-electron chi connectivity index (χ4n) is 2.36. The van der Waals surface area contributed by atoms with E-state index in [0.29, 0.717) is 6.61 Å². The molecule has 2 rings (SSSR count). The van der Waals surface area contributed by atoms with Gasteiger partial charge in [-0.2, -0.15) is 0 Å². The van der Waals surface area contributed by atoms with E-state index in [-0.39, 0.29) is 6.10 Å². The van der Waals surface area contributed by atoms with Crippen LogP contribution in [0, 0.1) is 13.8 Å². The molecule has 3 heteroatoms. The number of hydrogen-bond acceptors (Lipinski definition) is 3. The van der Waals surface area contributed by atoms with Crippen LogP contribution in [0.1, 0.15) is 35.6 Å². The maximum Gasteiger partial charge on any atom is 0.103 e. The largest absolute Gasteiger partial charge is 0.386 e. The minimum absolute atomic E-state index is 0.235. The molecule has 100 valence electrons. The highest BCUT2D eigenvalue weighted by molar-refractivity contribution is 5.31. The van der Waals surface area contributed by atoms with Crippen LogP contribution >= 0.6 is 0 Å². The average molecular weight is 250 g/mol. The first kappa shape index (κ1) is 13.5. The van der Waals surface area contributed by atoms with Gasteiger partial charge in [0.1, 0.15) is 6.10 Å². The third kappa shape index (κ3) is 3.55. The van der Waals surface area contributed by atoms with Gasteiger partial charge < -0.3 is 14.6 Å².